The van der Waals surface area contributed by atoms with Crippen LogP contribution in [-0.4, -0.2) is 10.1 Å². The predicted molar refractivity (Wildman–Crippen MR) is 36.1 cm³/mol. The first-order chi connectivity index (χ1) is 4.61. The highest BCUT2D eigenvalue weighted by molar-refractivity contribution is 7.79. The third-order valence-corrected chi connectivity index (χ3v) is 1.43. The van der Waals surface area contributed by atoms with Crippen molar-refractivity contribution < 1.29 is 4.68 Å². The summed E-state index contributed by atoms with van der Waals surface area (Å²) in [7, 11) is 1.57. The van der Waals surface area contributed by atoms with E-state index in [1.165, 1.54) is 4.68 Å². The second kappa shape index (κ2) is 2.30. The van der Waals surface area contributed by atoms with Gasteiger partial charge in [-0.3, -0.25) is 4.79 Å². The van der Waals surface area contributed by atoms with E-state index < -0.39 is 11.1 Å². The van der Waals surface area contributed by atoms with Crippen molar-refractivity contribution in [2.45, 2.75) is 5.16 Å². The van der Waals surface area contributed by atoms with Crippen molar-refractivity contribution in [1.29, 1.82) is 0 Å². The lowest BCUT2D eigenvalue weighted by Crippen LogP contribution is -2.48. The highest BCUT2D eigenvalue weighted by atomic mass is 32.1. The minimum Gasteiger partial charge on any atom is -0.257 e. The molecule has 0 saturated heterocycles. The molecule has 0 atom stereocenters. The van der Waals surface area contributed by atoms with E-state index in [-0.39, 0.29) is 0 Å². The first-order valence-electron chi connectivity index (χ1n) is 2.53. The first kappa shape index (κ1) is 7.07. The van der Waals surface area contributed by atoms with Crippen LogP contribution in [0.5, 0.6) is 0 Å². The Labute approximate surface area is 61.1 Å². The maximum absolute atomic E-state index is 10.5. The number of aromatic amines is 2. The molecule has 1 aromatic rings. The van der Waals surface area contributed by atoms with E-state index in [0.717, 1.165) is 0 Å². The van der Waals surface area contributed by atoms with Gasteiger partial charge in [-0.05, 0) is 0 Å². The molecule has 1 heterocycles. The average molecular weight is 160 g/mol. The number of aryl methyl sites for hydroxylation is 1. The molecule has 0 aliphatic carbocycles. The summed E-state index contributed by atoms with van der Waals surface area (Å²) in [6, 6.07) is 0. The molecule has 0 spiro atoms. The van der Waals surface area contributed by atoms with Gasteiger partial charge in [-0.25, -0.2) is 4.79 Å². The summed E-state index contributed by atoms with van der Waals surface area (Å²) < 4.78 is 1.31. The molecule has 0 fully saturated rings. The zero-order valence-corrected chi connectivity index (χ0v) is 6.11. The summed E-state index contributed by atoms with van der Waals surface area (Å²) in [6.45, 7) is 0. The molecule has 0 radical (unpaired) electrons. The minimum absolute atomic E-state index is 0.310. The molecule has 0 amide bonds. The fourth-order valence-electron chi connectivity index (χ4n) is 0.498. The standard InChI is InChI=1S/C4H5N3O2S/c1-7-4(10)5-2(8)3(9)6-7/h1H3,(H2,5,6,8,9,10)/p+1. The number of hydrogen-bond acceptors (Lipinski definition) is 3. The van der Waals surface area contributed by atoms with Gasteiger partial charge in [0.2, 0.25) is 0 Å². The van der Waals surface area contributed by atoms with Crippen LogP contribution < -0.4 is 15.8 Å². The van der Waals surface area contributed by atoms with Gasteiger partial charge in [0.05, 0.1) is 0 Å². The first-order valence-corrected chi connectivity index (χ1v) is 2.97. The van der Waals surface area contributed by atoms with E-state index in [0.29, 0.717) is 5.16 Å². The predicted octanol–water partition coefficient (Wildman–Crippen LogP) is -1.82. The van der Waals surface area contributed by atoms with Gasteiger partial charge in [-0.1, -0.05) is 12.6 Å². The number of H-pyrrole nitrogens is 2. The molecule has 54 valence electrons. The smallest absolute Gasteiger partial charge is 0.257 e. The van der Waals surface area contributed by atoms with Crippen molar-refractivity contribution in [3.63, 3.8) is 0 Å². The van der Waals surface area contributed by atoms with Gasteiger partial charge < -0.3 is 0 Å². The number of thiol groups is 1. The van der Waals surface area contributed by atoms with Gasteiger partial charge in [-0.2, -0.15) is 14.8 Å². The molecule has 0 saturated carbocycles. The second-order valence-corrected chi connectivity index (χ2v) is 2.20. The Bertz CT molecular complexity index is 317. The van der Waals surface area contributed by atoms with Gasteiger partial charge in [0.15, 0.2) is 0 Å². The maximum atomic E-state index is 10.5. The van der Waals surface area contributed by atoms with Gasteiger partial charge in [-0.15, -0.1) is 0 Å². The van der Waals surface area contributed by atoms with E-state index >= 15 is 0 Å². The molecule has 2 N–H and O–H groups in total. The third kappa shape index (κ3) is 1.10. The lowest BCUT2D eigenvalue weighted by Gasteiger charge is -1.88. The molecule has 0 aromatic carbocycles. The van der Waals surface area contributed by atoms with Gasteiger partial charge in [0.25, 0.3) is 0 Å². The van der Waals surface area contributed by atoms with Crippen LogP contribution in [0.2, 0.25) is 0 Å². The van der Waals surface area contributed by atoms with Crippen LogP contribution in [0.15, 0.2) is 14.7 Å². The average Bonchev–Trinajstić information content (AvgIpc) is 1.84. The molecule has 1 aromatic heterocycles. The SMILES string of the molecule is C[n+]1[nH]c(=O)c(=O)[nH]c1S. The maximum Gasteiger partial charge on any atom is 0.400 e. The Morgan fingerprint density at radius 2 is 2.00 bits per heavy atom. The molecule has 0 bridgehead atoms. The lowest BCUT2D eigenvalue weighted by atomic mass is 10.8. The van der Waals surface area contributed by atoms with E-state index in [1.807, 2.05) is 0 Å². The summed E-state index contributed by atoms with van der Waals surface area (Å²) in [6.07, 6.45) is 0. The third-order valence-electron chi connectivity index (χ3n) is 1.02. The number of aromatic nitrogens is 3. The number of nitrogens with one attached hydrogen (secondary N) is 2. The van der Waals surface area contributed by atoms with Crippen LogP contribution in [0.25, 0.3) is 0 Å². The molecule has 0 aliphatic rings. The highest BCUT2D eigenvalue weighted by Gasteiger charge is 2.03. The number of rotatable bonds is 0. The molecule has 5 nitrogen and oxygen atoms in total. The normalized spacial score (nSPS) is 9.80. The quantitative estimate of drug-likeness (QED) is 0.237. The Kier molecular flexibility index (Phi) is 1.62. The van der Waals surface area contributed by atoms with Crippen LogP contribution in [-0.2, 0) is 7.05 Å². The fraction of sp³-hybridized carbons (Fsp3) is 0.250. The van der Waals surface area contributed by atoms with Crippen LogP contribution in [0.4, 0.5) is 0 Å². The molecule has 10 heavy (non-hydrogen) atoms. The molecular formula is C4H6N3O2S+. The fourth-order valence-corrected chi connectivity index (χ4v) is 0.650. The largest absolute Gasteiger partial charge is 0.400 e. The summed E-state index contributed by atoms with van der Waals surface area (Å²) in [5.74, 6) is 0. The van der Waals surface area contributed by atoms with Crippen LogP contribution in [0.1, 0.15) is 0 Å². The van der Waals surface area contributed by atoms with Gasteiger partial charge in [0.1, 0.15) is 7.05 Å². The summed E-state index contributed by atoms with van der Waals surface area (Å²) in [5.41, 5.74) is -1.37. The molecule has 1 rings (SSSR count). The Morgan fingerprint density at radius 3 is 2.50 bits per heavy atom. The Balaban J connectivity index is 3.59. The molecule has 0 unspecified atom stereocenters. The summed E-state index contributed by atoms with van der Waals surface area (Å²) >= 11 is 3.85. The van der Waals surface area contributed by atoms with E-state index in [1.54, 1.807) is 7.05 Å². The van der Waals surface area contributed by atoms with Crippen molar-refractivity contribution >= 4 is 12.6 Å². The Hall–Kier alpha value is -1.04. The van der Waals surface area contributed by atoms with Crippen LogP contribution >= 0.6 is 12.6 Å². The van der Waals surface area contributed by atoms with Crippen molar-refractivity contribution in [3.8, 4) is 0 Å². The van der Waals surface area contributed by atoms with Crippen molar-refractivity contribution in [2.24, 2.45) is 7.05 Å². The number of hydrogen-bond donors (Lipinski definition) is 3. The lowest BCUT2D eigenvalue weighted by molar-refractivity contribution is -0.771. The Morgan fingerprint density at radius 1 is 1.40 bits per heavy atom. The molecule has 0 aliphatic heterocycles. The van der Waals surface area contributed by atoms with E-state index in [4.69, 9.17) is 0 Å². The van der Waals surface area contributed by atoms with E-state index in [9.17, 15) is 9.59 Å². The highest BCUT2D eigenvalue weighted by Crippen LogP contribution is 1.79. The minimum atomic E-state index is -0.692. The van der Waals surface area contributed by atoms with Gasteiger partial charge >= 0.3 is 16.3 Å². The van der Waals surface area contributed by atoms with Crippen LogP contribution in [0.3, 0.4) is 0 Å². The zero-order valence-electron chi connectivity index (χ0n) is 5.21. The molecule has 6 heteroatoms. The number of nitrogens with zero attached hydrogens (tertiary/aromatic N) is 1. The van der Waals surface area contributed by atoms with Crippen molar-refractivity contribution in [3.05, 3.63) is 20.7 Å². The summed E-state index contributed by atoms with van der Waals surface area (Å²) in [4.78, 5) is 23.3. The van der Waals surface area contributed by atoms with Crippen molar-refractivity contribution in [1.82, 2.24) is 10.1 Å². The topological polar surface area (TPSA) is 69.6 Å². The molecular weight excluding hydrogens is 154 g/mol. The monoisotopic (exact) mass is 160 g/mol. The van der Waals surface area contributed by atoms with Crippen molar-refractivity contribution in [2.75, 3.05) is 0 Å². The van der Waals surface area contributed by atoms with Gasteiger partial charge in [0, 0.05) is 0 Å². The van der Waals surface area contributed by atoms with E-state index in [2.05, 4.69) is 22.7 Å². The zero-order chi connectivity index (χ0) is 7.72. The summed E-state index contributed by atoms with van der Waals surface area (Å²) in [5, 5.41) is 2.56. The second-order valence-electron chi connectivity index (χ2n) is 1.78. The van der Waals surface area contributed by atoms with Crippen LogP contribution in [0, 0.1) is 0 Å².